The van der Waals surface area contributed by atoms with Gasteiger partial charge in [-0.25, -0.2) is 4.39 Å². The molecular formula is C18H21FN2O2. The number of nitrogens with one attached hydrogen (secondary N) is 1. The number of benzene rings is 2. The van der Waals surface area contributed by atoms with E-state index in [1.165, 1.54) is 12.1 Å². The van der Waals surface area contributed by atoms with Crippen LogP contribution in [0.4, 0.5) is 10.1 Å². The topological polar surface area (TPSA) is 41.6 Å². The van der Waals surface area contributed by atoms with Gasteiger partial charge in [-0.15, -0.1) is 0 Å². The first-order valence-corrected chi connectivity index (χ1v) is 7.46. The summed E-state index contributed by atoms with van der Waals surface area (Å²) < 4.78 is 18.7. The van der Waals surface area contributed by atoms with Crippen LogP contribution in [0.5, 0.6) is 5.75 Å². The van der Waals surface area contributed by atoms with Crippen molar-refractivity contribution in [1.29, 1.82) is 0 Å². The molecule has 0 bridgehead atoms. The third-order valence-electron chi connectivity index (χ3n) is 3.25. The van der Waals surface area contributed by atoms with Crippen LogP contribution in [-0.2, 0) is 4.79 Å². The van der Waals surface area contributed by atoms with Gasteiger partial charge in [-0.1, -0.05) is 18.2 Å². The molecule has 1 amide bonds. The molecule has 0 saturated carbocycles. The molecule has 4 nitrogen and oxygen atoms in total. The first kappa shape index (κ1) is 17.0. The number of aryl methyl sites for hydroxylation is 1. The van der Waals surface area contributed by atoms with Gasteiger partial charge in [0.1, 0.15) is 18.2 Å². The van der Waals surface area contributed by atoms with E-state index in [2.05, 4.69) is 5.32 Å². The van der Waals surface area contributed by atoms with Gasteiger partial charge < -0.3 is 10.1 Å². The Morgan fingerprint density at radius 1 is 1.22 bits per heavy atom. The number of hydrogen-bond acceptors (Lipinski definition) is 3. The predicted octanol–water partition coefficient (Wildman–Crippen LogP) is 3.08. The summed E-state index contributed by atoms with van der Waals surface area (Å²) >= 11 is 0. The number of nitrogens with zero attached hydrogens (tertiary/aromatic N) is 1. The van der Waals surface area contributed by atoms with Gasteiger partial charge in [0, 0.05) is 12.2 Å². The van der Waals surface area contributed by atoms with Crippen LogP contribution in [0.3, 0.4) is 0 Å². The van der Waals surface area contributed by atoms with Gasteiger partial charge in [0.25, 0.3) is 0 Å². The summed E-state index contributed by atoms with van der Waals surface area (Å²) in [6.07, 6.45) is 0. The average Bonchev–Trinajstić information content (AvgIpc) is 2.47. The zero-order chi connectivity index (χ0) is 16.7. The Kier molecular flexibility index (Phi) is 6.11. The van der Waals surface area contributed by atoms with E-state index in [0.717, 1.165) is 11.3 Å². The highest BCUT2D eigenvalue weighted by atomic mass is 19.1. The predicted molar refractivity (Wildman–Crippen MR) is 89.2 cm³/mol. The summed E-state index contributed by atoms with van der Waals surface area (Å²) in [6.45, 7) is 3.33. The van der Waals surface area contributed by atoms with Crippen molar-refractivity contribution in [2.45, 2.75) is 6.92 Å². The summed E-state index contributed by atoms with van der Waals surface area (Å²) in [5, 5.41) is 2.67. The van der Waals surface area contributed by atoms with Gasteiger partial charge in [0.15, 0.2) is 0 Å². The number of hydrogen-bond donors (Lipinski definition) is 1. The molecule has 0 radical (unpaired) electrons. The van der Waals surface area contributed by atoms with Gasteiger partial charge in [0.05, 0.1) is 6.54 Å². The number of carbonyl (C=O) groups excluding carboxylic acids is 1. The second-order valence-corrected chi connectivity index (χ2v) is 5.46. The van der Waals surface area contributed by atoms with Gasteiger partial charge in [-0.2, -0.15) is 0 Å². The average molecular weight is 316 g/mol. The van der Waals surface area contributed by atoms with E-state index >= 15 is 0 Å². The summed E-state index contributed by atoms with van der Waals surface area (Å²) in [7, 11) is 1.84. The number of halogens is 1. The van der Waals surface area contributed by atoms with Crippen LogP contribution >= 0.6 is 0 Å². The van der Waals surface area contributed by atoms with Crippen molar-refractivity contribution in [1.82, 2.24) is 4.90 Å². The van der Waals surface area contributed by atoms with E-state index in [1.54, 1.807) is 12.1 Å². The maximum atomic E-state index is 13.1. The lowest BCUT2D eigenvalue weighted by Crippen LogP contribution is -2.33. The number of ether oxygens (including phenoxy) is 1. The number of rotatable bonds is 7. The second-order valence-electron chi connectivity index (χ2n) is 5.46. The summed E-state index contributed by atoms with van der Waals surface area (Å²) in [5.41, 5.74) is 1.60. The van der Waals surface area contributed by atoms with Crippen LogP contribution in [0.1, 0.15) is 5.56 Å². The van der Waals surface area contributed by atoms with Crippen LogP contribution in [0, 0.1) is 12.7 Å². The molecule has 0 aromatic heterocycles. The van der Waals surface area contributed by atoms with E-state index in [9.17, 15) is 9.18 Å². The summed E-state index contributed by atoms with van der Waals surface area (Å²) in [6, 6.07) is 13.7. The lowest BCUT2D eigenvalue weighted by molar-refractivity contribution is -0.117. The van der Waals surface area contributed by atoms with Crippen LogP contribution in [0.25, 0.3) is 0 Å². The van der Waals surface area contributed by atoms with E-state index in [4.69, 9.17) is 4.74 Å². The largest absolute Gasteiger partial charge is 0.492 e. The molecule has 0 heterocycles. The molecule has 2 aromatic carbocycles. The molecule has 1 N–H and O–H groups in total. The minimum atomic E-state index is -0.372. The second kappa shape index (κ2) is 8.29. The lowest BCUT2D eigenvalue weighted by atomic mass is 10.2. The SMILES string of the molecule is Cc1cccc(OCCN(C)CC(=O)Nc2cccc(F)c2)c1. The first-order valence-electron chi connectivity index (χ1n) is 7.46. The molecule has 0 fully saturated rings. The third kappa shape index (κ3) is 6.08. The van der Waals surface area contributed by atoms with Crippen LogP contribution in [0.2, 0.25) is 0 Å². The minimum absolute atomic E-state index is 0.186. The molecule has 2 aromatic rings. The highest BCUT2D eigenvalue weighted by Crippen LogP contribution is 2.12. The minimum Gasteiger partial charge on any atom is -0.492 e. The van der Waals surface area contributed by atoms with Crippen molar-refractivity contribution in [2.75, 3.05) is 32.1 Å². The molecule has 0 unspecified atom stereocenters. The highest BCUT2D eigenvalue weighted by Gasteiger charge is 2.07. The van der Waals surface area contributed by atoms with Crippen molar-refractivity contribution in [2.24, 2.45) is 0 Å². The van der Waals surface area contributed by atoms with Crippen molar-refractivity contribution in [3.05, 3.63) is 59.9 Å². The molecule has 0 aliphatic carbocycles. The van der Waals surface area contributed by atoms with Crippen molar-refractivity contribution in [3.63, 3.8) is 0 Å². The molecule has 2 rings (SSSR count). The standard InChI is InChI=1S/C18H21FN2O2/c1-14-5-3-8-17(11-14)23-10-9-21(2)13-18(22)20-16-7-4-6-15(19)12-16/h3-8,11-12H,9-10,13H2,1-2H3,(H,20,22). The molecule has 23 heavy (non-hydrogen) atoms. The Morgan fingerprint density at radius 3 is 2.74 bits per heavy atom. The van der Waals surface area contributed by atoms with Crippen molar-refractivity contribution >= 4 is 11.6 Å². The third-order valence-corrected chi connectivity index (χ3v) is 3.25. The Balaban J connectivity index is 1.71. The van der Waals surface area contributed by atoms with Gasteiger partial charge >= 0.3 is 0 Å². The zero-order valence-electron chi connectivity index (χ0n) is 13.4. The Bertz CT molecular complexity index is 661. The summed E-state index contributed by atoms with van der Waals surface area (Å²) in [4.78, 5) is 13.7. The molecule has 0 aliphatic rings. The Hall–Kier alpha value is -2.40. The van der Waals surface area contributed by atoms with Crippen LogP contribution in [0.15, 0.2) is 48.5 Å². The molecule has 0 spiro atoms. The fourth-order valence-electron chi connectivity index (χ4n) is 2.12. The van der Waals surface area contributed by atoms with E-state index in [0.29, 0.717) is 18.8 Å². The van der Waals surface area contributed by atoms with Gasteiger partial charge in [0.2, 0.25) is 5.91 Å². The zero-order valence-corrected chi connectivity index (χ0v) is 13.4. The molecular weight excluding hydrogens is 295 g/mol. The summed E-state index contributed by atoms with van der Waals surface area (Å²) in [5.74, 6) is 0.263. The van der Waals surface area contributed by atoms with Gasteiger partial charge in [-0.3, -0.25) is 9.69 Å². The molecule has 5 heteroatoms. The van der Waals surface area contributed by atoms with Crippen LogP contribution < -0.4 is 10.1 Å². The van der Waals surface area contributed by atoms with Crippen molar-refractivity contribution in [3.8, 4) is 5.75 Å². The van der Waals surface area contributed by atoms with E-state index < -0.39 is 0 Å². The van der Waals surface area contributed by atoms with Gasteiger partial charge in [-0.05, 0) is 49.9 Å². The smallest absolute Gasteiger partial charge is 0.238 e. The molecule has 122 valence electrons. The Morgan fingerprint density at radius 2 is 2.00 bits per heavy atom. The Labute approximate surface area is 135 Å². The molecule has 0 atom stereocenters. The number of likely N-dealkylation sites (N-methyl/N-ethyl adjacent to an activating group) is 1. The highest BCUT2D eigenvalue weighted by molar-refractivity contribution is 5.92. The van der Waals surface area contributed by atoms with Crippen LogP contribution in [-0.4, -0.2) is 37.6 Å². The van der Waals surface area contributed by atoms with E-state index in [1.807, 2.05) is 43.1 Å². The number of carbonyl (C=O) groups is 1. The number of anilines is 1. The normalized spacial score (nSPS) is 10.6. The fraction of sp³-hybridized carbons (Fsp3) is 0.278. The maximum absolute atomic E-state index is 13.1. The maximum Gasteiger partial charge on any atom is 0.238 e. The van der Waals surface area contributed by atoms with E-state index in [-0.39, 0.29) is 18.3 Å². The quantitative estimate of drug-likeness (QED) is 0.853. The fourth-order valence-corrected chi connectivity index (χ4v) is 2.12. The number of amides is 1. The first-order chi connectivity index (χ1) is 11.0. The molecule has 0 saturated heterocycles. The monoisotopic (exact) mass is 316 g/mol. The lowest BCUT2D eigenvalue weighted by Gasteiger charge is -2.16. The van der Waals surface area contributed by atoms with Crippen molar-refractivity contribution < 1.29 is 13.9 Å². The molecule has 0 aliphatic heterocycles.